The number of para-hydroxylation sites is 1. The molecule has 0 amide bonds. The summed E-state index contributed by atoms with van der Waals surface area (Å²) in [5.41, 5.74) is 1.71. The van der Waals surface area contributed by atoms with Crippen LogP contribution in [0.4, 0.5) is 4.39 Å². The minimum Gasteiger partial charge on any atom is -0.494 e. The summed E-state index contributed by atoms with van der Waals surface area (Å²) >= 11 is 0. The first kappa shape index (κ1) is 12.5. The van der Waals surface area contributed by atoms with Crippen LogP contribution < -0.4 is 4.74 Å². The van der Waals surface area contributed by atoms with Crippen LogP contribution in [0.3, 0.4) is 0 Å². The number of methoxy groups -OCH3 is 1. The lowest BCUT2D eigenvalue weighted by atomic mass is 10.1. The Morgan fingerprint density at radius 3 is 2.80 bits per heavy atom. The van der Waals surface area contributed by atoms with Crippen LogP contribution in [0, 0.1) is 5.82 Å². The summed E-state index contributed by atoms with van der Waals surface area (Å²) in [6.07, 6.45) is 2.28. The van der Waals surface area contributed by atoms with Gasteiger partial charge in [0.15, 0.2) is 11.6 Å². The number of nitrogens with zero attached hydrogens (tertiary/aromatic N) is 2. The van der Waals surface area contributed by atoms with E-state index >= 15 is 0 Å². The Labute approximate surface area is 116 Å². The molecule has 0 aliphatic rings. The second-order valence-electron chi connectivity index (χ2n) is 4.49. The SMILES string of the molecule is COc1ccc(Cc2ncc3ccccc3n2)cc1F. The van der Waals surface area contributed by atoms with E-state index in [1.54, 1.807) is 12.3 Å². The Morgan fingerprint density at radius 2 is 2.00 bits per heavy atom. The van der Waals surface area contributed by atoms with E-state index < -0.39 is 0 Å². The van der Waals surface area contributed by atoms with Crippen molar-refractivity contribution in [3.05, 3.63) is 65.9 Å². The van der Waals surface area contributed by atoms with Gasteiger partial charge in [-0.1, -0.05) is 24.3 Å². The van der Waals surface area contributed by atoms with Crippen molar-refractivity contribution in [2.45, 2.75) is 6.42 Å². The monoisotopic (exact) mass is 268 g/mol. The molecule has 1 aromatic heterocycles. The first-order chi connectivity index (χ1) is 9.76. The molecule has 1 heterocycles. The number of hydrogen-bond acceptors (Lipinski definition) is 3. The lowest BCUT2D eigenvalue weighted by molar-refractivity contribution is 0.386. The fourth-order valence-electron chi connectivity index (χ4n) is 2.10. The minimum absolute atomic E-state index is 0.244. The molecule has 20 heavy (non-hydrogen) atoms. The normalized spacial score (nSPS) is 10.7. The van der Waals surface area contributed by atoms with Crippen molar-refractivity contribution in [1.29, 1.82) is 0 Å². The third-order valence-electron chi connectivity index (χ3n) is 3.12. The maximum absolute atomic E-state index is 13.6. The maximum Gasteiger partial charge on any atom is 0.165 e. The van der Waals surface area contributed by atoms with Gasteiger partial charge in [0, 0.05) is 18.0 Å². The topological polar surface area (TPSA) is 35.0 Å². The zero-order valence-electron chi connectivity index (χ0n) is 11.0. The minimum atomic E-state index is -0.370. The summed E-state index contributed by atoms with van der Waals surface area (Å²) in [7, 11) is 1.45. The molecule has 100 valence electrons. The zero-order chi connectivity index (χ0) is 13.9. The molecule has 0 fully saturated rings. The molecule has 3 rings (SSSR count). The van der Waals surface area contributed by atoms with Crippen LogP contribution in [0.2, 0.25) is 0 Å². The highest BCUT2D eigenvalue weighted by molar-refractivity contribution is 5.77. The average Bonchev–Trinajstić information content (AvgIpc) is 2.47. The molecule has 0 aliphatic heterocycles. The smallest absolute Gasteiger partial charge is 0.165 e. The highest BCUT2D eigenvalue weighted by Gasteiger charge is 2.06. The number of halogens is 1. The number of benzene rings is 2. The van der Waals surface area contributed by atoms with Crippen LogP contribution in [0.5, 0.6) is 5.75 Å². The molecule has 0 saturated carbocycles. The number of hydrogen-bond donors (Lipinski definition) is 0. The van der Waals surface area contributed by atoms with Crippen molar-refractivity contribution in [1.82, 2.24) is 9.97 Å². The van der Waals surface area contributed by atoms with Gasteiger partial charge in [-0.2, -0.15) is 0 Å². The third-order valence-corrected chi connectivity index (χ3v) is 3.12. The molecule has 0 aliphatic carbocycles. The van der Waals surface area contributed by atoms with Gasteiger partial charge >= 0.3 is 0 Å². The largest absolute Gasteiger partial charge is 0.494 e. The average molecular weight is 268 g/mol. The van der Waals surface area contributed by atoms with Crippen molar-refractivity contribution >= 4 is 10.9 Å². The molecule has 0 atom stereocenters. The van der Waals surface area contributed by atoms with Gasteiger partial charge in [-0.25, -0.2) is 14.4 Å². The fourth-order valence-corrected chi connectivity index (χ4v) is 2.10. The van der Waals surface area contributed by atoms with E-state index in [0.717, 1.165) is 16.5 Å². The Balaban J connectivity index is 1.90. The second-order valence-corrected chi connectivity index (χ2v) is 4.49. The molecule has 4 heteroatoms. The molecule has 0 spiro atoms. The van der Waals surface area contributed by atoms with E-state index in [9.17, 15) is 4.39 Å². The number of rotatable bonds is 3. The van der Waals surface area contributed by atoms with Crippen molar-refractivity contribution in [3.8, 4) is 5.75 Å². The van der Waals surface area contributed by atoms with Crippen LogP contribution in [0.1, 0.15) is 11.4 Å². The second kappa shape index (κ2) is 5.25. The summed E-state index contributed by atoms with van der Waals surface area (Å²) in [4.78, 5) is 8.79. The quantitative estimate of drug-likeness (QED) is 0.730. The van der Waals surface area contributed by atoms with Crippen molar-refractivity contribution in [2.24, 2.45) is 0 Å². The van der Waals surface area contributed by atoms with Gasteiger partial charge in [0.05, 0.1) is 12.6 Å². The molecule has 3 nitrogen and oxygen atoms in total. The first-order valence-corrected chi connectivity index (χ1v) is 6.29. The predicted molar refractivity (Wildman–Crippen MR) is 75.3 cm³/mol. The van der Waals surface area contributed by atoms with E-state index in [0.29, 0.717) is 12.2 Å². The standard InChI is InChI=1S/C16H13FN2O/c1-20-15-7-6-11(8-13(15)17)9-16-18-10-12-4-2-3-5-14(12)19-16/h2-8,10H,9H2,1H3. The van der Waals surface area contributed by atoms with E-state index in [2.05, 4.69) is 9.97 Å². The van der Waals surface area contributed by atoms with Gasteiger partial charge in [0.2, 0.25) is 0 Å². The molecule has 3 aromatic rings. The van der Waals surface area contributed by atoms with Crippen molar-refractivity contribution in [3.63, 3.8) is 0 Å². The number of ether oxygens (including phenoxy) is 1. The van der Waals surface area contributed by atoms with Crippen molar-refractivity contribution < 1.29 is 9.13 Å². The molecule has 0 saturated heterocycles. The van der Waals surface area contributed by atoms with E-state index in [1.807, 2.05) is 30.3 Å². The van der Waals surface area contributed by atoms with Crippen molar-refractivity contribution in [2.75, 3.05) is 7.11 Å². The molecular formula is C16H13FN2O. The van der Waals surface area contributed by atoms with Gasteiger partial charge in [0.25, 0.3) is 0 Å². The summed E-state index contributed by atoms with van der Waals surface area (Å²) in [6.45, 7) is 0. The van der Waals surface area contributed by atoms with Crippen LogP contribution >= 0.6 is 0 Å². The van der Waals surface area contributed by atoms with Gasteiger partial charge in [-0.15, -0.1) is 0 Å². The Hall–Kier alpha value is -2.49. The van der Waals surface area contributed by atoms with E-state index in [1.165, 1.54) is 13.2 Å². The van der Waals surface area contributed by atoms with Gasteiger partial charge in [-0.3, -0.25) is 0 Å². The summed E-state index contributed by atoms with van der Waals surface area (Å²) < 4.78 is 18.5. The van der Waals surface area contributed by atoms with Gasteiger partial charge in [-0.05, 0) is 23.8 Å². The zero-order valence-corrected chi connectivity index (χ0v) is 11.0. The summed E-state index contributed by atoms with van der Waals surface area (Å²) in [6, 6.07) is 12.7. The molecule has 0 N–H and O–H groups in total. The Kier molecular flexibility index (Phi) is 3.29. The van der Waals surface area contributed by atoms with E-state index in [4.69, 9.17) is 4.74 Å². The molecule has 0 radical (unpaired) electrons. The van der Waals surface area contributed by atoms with Crippen LogP contribution in [0.15, 0.2) is 48.7 Å². The number of fused-ring (bicyclic) bond motifs is 1. The van der Waals surface area contributed by atoms with E-state index in [-0.39, 0.29) is 11.6 Å². The Morgan fingerprint density at radius 1 is 1.15 bits per heavy atom. The first-order valence-electron chi connectivity index (χ1n) is 6.29. The number of aromatic nitrogens is 2. The highest BCUT2D eigenvalue weighted by Crippen LogP contribution is 2.19. The molecule has 2 aromatic carbocycles. The molecular weight excluding hydrogens is 255 g/mol. The highest BCUT2D eigenvalue weighted by atomic mass is 19.1. The van der Waals surface area contributed by atoms with Gasteiger partial charge in [0.1, 0.15) is 5.82 Å². The fraction of sp³-hybridized carbons (Fsp3) is 0.125. The summed E-state index contributed by atoms with van der Waals surface area (Å²) in [5, 5.41) is 0.997. The molecule has 0 unspecified atom stereocenters. The summed E-state index contributed by atoms with van der Waals surface area (Å²) in [5.74, 6) is 0.548. The van der Waals surface area contributed by atoms with Gasteiger partial charge < -0.3 is 4.74 Å². The lowest BCUT2D eigenvalue weighted by Gasteiger charge is -2.05. The van der Waals surface area contributed by atoms with Crippen LogP contribution in [-0.2, 0) is 6.42 Å². The third kappa shape index (κ3) is 2.45. The molecule has 0 bridgehead atoms. The maximum atomic E-state index is 13.6. The van der Waals surface area contributed by atoms with Crippen LogP contribution in [-0.4, -0.2) is 17.1 Å². The lowest BCUT2D eigenvalue weighted by Crippen LogP contribution is -1.98. The van der Waals surface area contributed by atoms with Crippen LogP contribution in [0.25, 0.3) is 10.9 Å². The predicted octanol–water partition coefficient (Wildman–Crippen LogP) is 3.37. The Bertz CT molecular complexity index is 758.